The van der Waals surface area contributed by atoms with Crippen LogP contribution in [0.15, 0.2) is 30.2 Å². The summed E-state index contributed by atoms with van der Waals surface area (Å²) in [5.74, 6) is 0.0512. The van der Waals surface area contributed by atoms with Gasteiger partial charge in [0.1, 0.15) is 12.1 Å². The standard InChI is InChI=1S/C23H33N3O3S/c1-5-13-25(15-18-8-7-14-30-18)19(27)16-26-20(28)23(24-21(26)29)11-9-17(10-12-23)22(3,4)6-2/h5,7-8,14,17H,1,6,9-13,15-16H2,2-4H3,(H,24,29). The highest BCUT2D eigenvalue weighted by atomic mass is 32.1. The number of imide groups is 1. The van der Waals surface area contributed by atoms with Crippen molar-refractivity contribution in [1.82, 2.24) is 15.1 Å². The first-order valence-electron chi connectivity index (χ1n) is 10.8. The van der Waals surface area contributed by atoms with Crippen LogP contribution in [0.3, 0.4) is 0 Å². The van der Waals surface area contributed by atoms with Gasteiger partial charge in [-0.1, -0.05) is 39.3 Å². The van der Waals surface area contributed by atoms with Gasteiger partial charge in [0.2, 0.25) is 5.91 Å². The third-order valence-electron chi connectivity index (χ3n) is 7.02. The lowest BCUT2D eigenvalue weighted by Crippen LogP contribution is -2.51. The van der Waals surface area contributed by atoms with Gasteiger partial charge in [0, 0.05) is 11.4 Å². The maximum atomic E-state index is 13.2. The second-order valence-electron chi connectivity index (χ2n) is 9.16. The molecule has 0 bridgehead atoms. The molecular formula is C23H33N3O3S. The summed E-state index contributed by atoms with van der Waals surface area (Å²) in [5.41, 5.74) is -0.607. The number of amides is 4. The van der Waals surface area contributed by atoms with Crippen LogP contribution < -0.4 is 5.32 Å². The molecule has 1 saturated heterocycles. The smallest absolute Gasteiger partial charge is 0.325 e. The molecule has 0 atom stereocenters. The first kappa shape index (κ1) is 22.5. The summed E-state index contributed by atoms with van der Waals surface area (Å²) in [7, 11) is 0. The molecule has 1 aromatic rings. The maximum Gasteiger partial charge on any atom is 0.325 e. The number of carbonyl (C=O) groups is 3. The fourth-order valence-electron chi connectivity index (χ4n) is 4.58. The van der Waals surface area contributed by atoms with Crippen LogP contribution in [0.1, 0.15) is 57.8 Å². The minimum Gasteiger partial charge on any atom is -0.332 e. The molecule has 3 rings (SSSR count). The van der Waals surface area contributed by atoms with E-state index in [0.29, 0.717) is 31.8 Å². The van der Waals surface area contributed by atoms with Crippen molar-refractivity contribution in [3.63, 3.8) is 0 Å². The minimum atomic E-state index is -0.839. The van der Waals surface area contributed by atoms with Crippen LogP contribution in [0.5, 0.6) is 0 Å². The van der Waals surface area contributed by atoms with E-state index in [-0.39, 0.29) is 23.8 Å². The Morgan fingerprint density at radius 3 is 2.67 bits per heavy atom. The third-order valence-corrected chi connectivity index (χ3v) is 7.88. The van der Waals surface area contributed by atoms with Crippen molar-refractivity contribution in [1.29, 1.82) is 0 Å². The highest BCUT2D eigenvalue weighted by Gasteiger charge is 2.53. The first-order valence-corrected chi connectivity index (χ1v) is 11.7. The van der Waals surface area contributed by atoms with Gasteiger partial charge in [-0.15, -0.1) is 17.9 Å². The molecule has 6 nitrogen and oxygen atoms in total. The van der Waals surface area contributed by atoms with Crippen molar-refractivity contribution in [2.75, 3.05) is 13.1 Å². The summed E-state index contributed by atoms with van der Waals surface area (Å²) in [6.07, 6.45) is 5.86. The third kappa shape index (κ3) is 4.46. The van der Waals surface area contributed by atoms with E-state index >= 15 is 0 Å². The minimum absolute atomic E-state index is 0.227. The van der Waals surface area contributed by atoms with Crippen LogP contribution in [0.4, 0.5) is 4.79 Å². The predicted octanol–water partition coefficient (Wildman–Crippen LogP) is 4.18. The normalized spacial score (nSPS) is 24.2. The predicted molar refractivity (Wildman–Crippen MR) is 119 cm³/mol. The van der Waals surface area contributed by atoms with Crippen LogP contribution in [-0.4, -0.2) is 46.3 Å². The summed E-state index contributed by atoms with van der Waals surface area (Å²) in [6.45, 7) is 11.1. The molecule has 2 heterocycles. The number of nitrogens with zero attached hydrogens (tertiary/aromatic N) is 2. The molecule has 0 aromatic carbocycles. The summed E-state index contributed by atoms with van der Waals surface area (Å²) in [5, 5.41) is 4.89. The molecule has 2 aliphatic rings. The fourth-order valence-corrected chi connectivity index (χ4v) is 5.30. The molecule has 30 heavy (non-hydrogen) atoms. The van der Waals surface area contributed by atoms with E-state index in [1.165, 1.54) is 0 Å². The molecule has 1 aliphatic carbocycles. The van der Waals surface area contributed by atoms with E-state index in [9.17, 15) is 14.4 Å². The second kappa shape index (κ2) is 8.92. The van der Waals surface area contributed by atoms with E-state index < -0.39 is 11.6 Å². The van der Waals surface area contributed by atoms with Crippen molar-refractivity contribution in [2.45, 2.75) is 65.0 Å². The molecule has 0 unspecified atom stereocenters. The molecule has 1 N–H and O–H groups in total. The molecule has 164 valence electrons. The van der Waals surface area contributed by atoms with Gasteiger partial charge in [-0.3, -0.25) is 14.5 Å². The first-order chi connectivity index (χ1) is 14.2. The fraction of sp³-hybridized carbons (Fsp3) is 0.609. The van der Waals surface area contributed by atoms with Crippen molar-refractivity contribution >= 4 is 29.2 Å². The zero-order valence-corrected chi connectivity index (χ0v) is 19.1. The molecule has 1 aliphatic heterocycles. The van der Waals surface area contributed by atoms with Crippen molar-refractivity contribution in [3.05, 3.63) is 35.0 Å². The summed E-state index contributed by atoms with van der Waals surface area (Å²) < 4.78 is 0. The summed E-state index contributed by atoms with van der Waals surface area (Å²) in [4.78, 5) is 42.5. The van der Waals surface area contributed by atoms with Gasteiger partial charge < -0.3 is 10.2 Å². The average molecular weight is 432 g/mol. The van der Waals surface area contributed by atoms with E-state index in [1.54, 1.807) is 22.3 Å². The number of hydrogen-bond acceptors (Lipinski definition) is 4. The Hall–Kier alpha value is -2.15. The Kier molecular flexibility index (Phi) is 6.70. The highest BCUT2D eigenvalue weighted by Crippen LogP contribution is 2.45. The van der Waals surface area contributed by atoms with Crippen LogP contribution >= 0.6 is 11.3 Å². The van der Waals surface area contributed by atoms with E-state index in [0.717, 1.165) is 29.0 Å². The molecular weight excluding hydrogens is 398 g/mol. The Morgan fingerprint density at radius 1 is 1.40 bits per heavy atom. The van der Waals surface area contributed by atoms with Crippen LogP contribution in [0.25, 0.3) is 0 Å². The lowest BCUT2D eigenvalue weighted by Gasteiger charge is -2.42. The molecule has 2 fully saturated rings. The molecule has 0 radical (unpaired) electrons. The molecule has 1 aromatic heterocycles. The van der Waals surface area contributed by atoms with Crippen molar-refractivity contribution in [2.24, 2.45) is 11.3 Å². The Bertz CT molecular complexity index is 795. The highest BCUT2D eigenvalue weighted by molar-refractivity contribution is 7.09. The van der Waals surface area contributed by atoms with Crippen LogP contribution in [0.2, 0.25) is 0 Å². The van der Waals surface area contributed by atoms with Gasteiger partial charge in [-0.2, -0.15) is 0 Å². The average Bonchev–Trinajstić information content (AvgIpc) is 3.31. The monoisotopic (exact) mass is 431 g/mol. The van der Waals surface area contributed by atoms with E-state index in [1.807, 2.05) is 17.5 Å². The number of nitrogens with one attached hydrogen (secondary N) is 1. The Labute approximate surface area is 183 Å². The number of rotatable bonds is 8. The topological polar surface area (TPSA) is 69.7 Å². The van der Waals surface area contributed by atoms with Gasteiger partial charge in [-0.05, 0) is 48.5 Å². The van der Waals surface area contributed by atoms with Gasteiger partial charge in [0.25, 0.3) is 5.91 Å². The summed E-state index contributed by atoms with van der Waals surface area (Å²) in [6, 6.07) is 3.46. The number of urea groups is 1. The molecule has 1 saturated carbocycles. The second-order valence-corrected chi connectivity index (χ2v) is 10.2. The lowest BCUT2D eigenvalue weighted by molar-refractivity contribution is -0.140. The zero-order chi connectivity index (χ0) is 21.9. The van der Waals surface area contributed by atoms with Gasteiger partial charge in [-0.25, -0.2) is 4.79 Å². The zero-order valence-electron chi connectivity index (χ0n) is 18.3. The number of carbonyl (C=O) groups excluding carboxylic acids is 3. The number of thiophene rings is 1. The van der Waals surface area contributed by atoms with Gasteiger partial charge in [0.05, 0.1) is 6.54 Å². The molecule has 4 amide bonds. The van der Waals surface area contributed by atoms with Crippen LogP contribution in [-0.2, 0) is 16.1 Å². The lowest BCUT2D eigenvalue weighted by atomic mass is 9.65. The number of hydrogen-bond donors (Lipinski definition) is 1. The Morgan fingerprint density at radius 2 is 2.10 bits per heavy atom. The molecule has 7 heteroatoms. The van der Waals surface area contributed by atoms with Crippen molar-refractivity contribution < 1.29 is 14.4 Å². The SMILES string of the molecule is C=CCN(Cc1cccs1)C(=O)CN1C(=O)NC2(CCC(C(C)(C)CC)CC2)C1=O. The largest absolute Gasteiger partial charge is 0.332 e. The van der Waals surface area contributed by atoms with Crippen molar-refractivity contribution in [3.8, 4) is 0 Å². The maximum absolute atomic E-state index is 13.2. The van der Waals surface area contributed by atoms with E-state index in [2.05, 4.69) is 32.7 Å². The molecule has 1 spiro atoms. The Balaban J connectivity index is 1.66. The van der Waals surface area contributed by atoms with Crippen LogP contribution in [0, 0.1) is 11.3 Å². The van der Waals surface area contributed by atoms with E-state index in [4.69, 9.17) is 0 Å². The quantitative estimate of drug-likeness (QED) is 0.496. The van der Waals surface area contributed by atoms with Gasteiger partial charge in [0.15, 0.2) is 0 Å². The van der Waals surface area contributed by atoms with Gasteiger partial charge >= 0.3 is 6.03 Å². The summed E-state index contributed by atoms with van der Waals surface area (Å²) >= 11 is 1.57.